The summed E-state index contributed by atoms with van der Waals surface area (Å²) < 4.78 is 2.34. The molecule has 0 radical (unpaired) electrons. The first kappa shape index (κ1) is 10.7. The van der Waals surface area contributed by atoms with Crippen LogP contribution in [-0.2, 0) is 13.0 Å². The van der Waals surface area contributed by atoms with Gasteiger partial charge in [-0.25, -0.2) is 4.98 Å². The number of hydrogen-bond donors (Lipinski definition) is 1. The van der Waals surface area contributed by atoms with Crippen molar-refractivity contribution in [2.75, 3.05) is 6.54 Å². The van der Waals surface area contributed by atoms with Crippen LogP contribution in [-0.4, -0.2) is 16.1 Å². The van der Waals surface area contributed by atoms with Crippen LogP contribution in [0.15, 0.2) is 6.20 Å². The third-order valence-corrected chi connectivity index (χ3v) is 3.10. The Kier molecular flexibility index (Phi) is 3.10. The number of imidazole rings is 1. The van der Waals surface area contributed by atoms with E-state index in [1.54, 1.807) is 0 Å². The molecule has 0 fully saturated rings. The first-order valence-electron chi connectivity index (χ1n) is 6.01. The van der Waals surface area contributed by atoms with Crippen LogP contribution in [0.3, 0.4) is 0 Å². The van der Waals surface area contributed by atoms with Gasteiger partial charge in [-0.3, -0.25) is 0 Å². The molecule has 15 heavy (non-hydrogen) atoms. The topological polar surface area (TPSA) is 29.9 Å². The quantitative estimate of drug-likeness (QED) is 0.805. The molecule has 1 N–H and O–H groups in total. The molecule has 0 unspecified atom stereocenters. The lowest BCUT2D eigenvalue weighted by atomic mass is 10.0. The molecule has 0 aliphatic carbocycles. The Morgan fingerprint density at radius 1 is 1.60 bits per heavy atom. The lowest BCUT2D eigenvalue weighted by Crippen LogP contribution is -2.26. The molecule has 0 bridgehead atoms. The molecular weight excluding hydrogens is 186 g/mol. The van der Waals surface area contributed by atoms with Gasteiger partial charge in [0.15, 0.2) is 0 Å². The Balaban J connectivity index is 2.34. The Morgan fingerprint density at radius 2 is 2.40 bits per heavy atom. The van der Waals surface area contributed by atoms with Crippen LogP contribution < -0.4 is 5.32 Å². The van der Waals surface area contributed by atoms with Crippen molar-refractivity contribution in [1.29, 1.82) is 0 Å². The largest absolute Gasteiger partial charge is 0.333 e. The normalized spacial score (nSPS) is 21.5. The van der Waals surface area contributed by atoms with Gasteiger partial charge in [0.1, 0.15) is 5.82 Å². The third-order valence-electron chi connectivity index (χ3n) is 3.10. The Morgan fingerprint density at radius 3 is 3.07 bits per heavy atom. The van der Waals surface area contributed by atoms with Gasteiger partial charge in [0, 0.05) is 12.7 Å². The molecule has 0 saturated carbocycles. The number of fused-ring (bicyclic) bond motifs is 1. The Bertz CT molecular complexity index is 328. The van der Waals surface area contributed by atoms with Crippen LogP contribution in [0.4, 0.5) is 0 Å². The summed E-state index contributed by atoms with van der Waals surface area (Å²) in [6.45, 7) is 8.90. The average Bonchev–Trinajstić information content (AvgIpc) is 2.51. The highest BCUT2D eigenvalue weighted by atomic mass is 15.1. The molecule has 3 heteroatoms. The molecule has 3 nitrogen and oxygen atoms in total. The van der Waals surface area contributed by atoms with E-state index in [-0.39, 0.29) is 0 Å². The Hall–Kier alpha value is -0.830. The maximum atomic E-state index is 4.73. The van der Waals surface area contributed by atoms with Crippen molar-refractivity contribution >= 4 is 0 Å². The van der Waals surface area contributed by atoms with E-state index in [0.29, 0.717) is 12.0 Å². The van der Waals surface area contributed by atoms with Gasteiger partial charge in [-0.1, -0.05) is 20.8 Å². The molecule has 0 saturated heterocycles. The van der Waals surface area contributed by atoms with E-state index in [1.165, 1.54) is 17.9 Å². The fraction of sp³-hybridized carbons (Fsp3) is 0.750. The summed E-state index contributed by atoms with van der Waals surface area (Å²) in [5, 5.41) is 3.59. The summed E-state index contributed by atoms with van der Waals surface area (Å²) >= 11 is 0. The fourth-order valence-corrected chi connectivity index (χ4v) is 2.22. The van der Waals surface area contributed by atoms with Crippen LogP contribution >= 0.6 is 0 Å². The van der Waals surface area contributed by atoms with E-state index in [0.717, 1.165) is 19.5 Å². The number of aromatic nitrogens is 2. The van der Waals surface area contributed by atoms with Crippen molar-refractivity contribution < 1.29 is 0 Å². The van der Waals surface area contributed by atoms with Gasteiger partial charge < -0.3 is 9.88 Å². The molecule has 2 rings (SSSR count). The van der Waals surface area contributed by atoms with Crippen LogP contribution in [0.2, 0.25) is 0 Å². The number of rotatable bonds is 2. The van der Waals surface area contributed by atoms with Gasteiger partial charge in [0.25, 0.3) is 0 Å². The average molecular weight is 207 g/mol. The van der Waals surface area contributed by atoms with Crippen molar-refractivity contribution in [1.82, 2.24) is 14.9 Å². The van der Waals surface area contributed by atoms with Crippen molar-refractivity contribution in [2.24, 2.45) is 5.92 Å². The first-order valence-corrected chi connectivity index (χ1v) is 6.01. The van der Waals surface area contributed by atoms with Gasteiger partial charge in [-0.2, -0.15) is 0 Å². The second-order valence-corrected chi connectivity index (χ2v) is 4.67. The second-order valence-electron chi connectivity index (χ2n) is 4.67. The minimum Gasteiger partial charge on any atom is -0.333 e. The van der Waals surface area contributed by atoms with Gasteiger partial charge in [-0.15, -0.1) is 0 Å². The van der Waals surface area contributed by atoms with Gasteiger partial charge in [0.05, 0.1) is 11.7 Å². The van der Waals surface area contributed by atoms with Crippen LogP contribution in [0, 0.1) is 5.92 Å². The Labute approximate surface area is 91.9 Å². The molecule has 0 amide bonds. The highest BCUT2D eigenvalue weighted by Crippen LogP contribution is 2.23. The summed E-state index contributed by atoms with van der Waals surface area (Å²) in [4.78, 5) is 4.73. The predicted octanol–water partition coefficient (Wildman–Crippen LogP) is 2.14. The van der Waals surface area contributed by atoms with Crippen molar-refractivity contribution in [3.8, 4) is 0 Å². The zero-order valence-corrected chi connectivity index (χ0v) is 9.95. The maximum Gasteiger partial charge on any atom is 0.126 e. The summed E-state index contributed by atoms with van der Waals surface area (Å²) in [5.41, 5.74) is 1.22. The van der Waals surface area contributed by atoms with Gasteiger partial charge in [0.2, 0.25) is 0 Å². The van der Waals surface area contributed by atoms with E-state index in [1.807, 2.05) is 0 Å². The smallest absolute Gasteiger partial charge is 0.126 e. The minimum absolute atomic E-state index is 0.424. The van der Waals surface area contributed by atoms with E-state index >= 15 is 0 Å². The highest BCUT2D eigenvalue weighted by molar-refractivity contribution is 5.09. The van der Waals surface area contributed by atoms with Crippen LogP contribution in [0.5, 0.6) is 0 Å². The van der Waals surface area contributed by atoms with Gasteiger partial charge >= 0.3 is 0 Å². The molecule has 1 atom stereocenters. The zero-order valence-electron chi connectivity index (χ0n) is 9.95. The number of nitrogens with one attached hydrogen (secondary N) is 1. The van der Waals surface area contributed by atoms with Gasteiger partial charge in [-0.05, 0) is 25.3 Å². The molecule has 84 valence electrons. The fourth-order valence-electron chi connectivity index (χ4n) is 2.22. The predicted molar refractivity (Wildman–Crippen MR) is 61.8 cm³/mol. The number of hydrogen-bond acceptors (Lipinski definition) is 2. The summed E-state index contributed by atoms with van der Waals surface area (Å²) in [6.07, 6.45) is 4.46. The molecular formula is C12H21N3. The molecule has 1 aliphatic rings. The minimum atomic E-state index is 0.424. The molecule has 2 heterocycles. The second kappa shape index (κ2) is 4.35. The SMILES string of the molecule is CCc1cn2c(n1)[C@H](C(C)C)NCCC2. The number of aryl methyl sites for hydroxylation is 2. The highest BCUT2D eigenvalue weighted by Gasteiger charge is 2.23. The first-order chi connectivity index (χ1) is 7.22. The third kappa shape index (κ3) is 2.07. The monoisotopic (exact) mass is 207 g/mol. The standard InChI is InChI=1S/C12H21N3/c1-4-10-8-15-7-5-6-13-11(9(2)3)12(15)14-10/h8-9,11,13H,4-7H2,1-3H3/t11-/m0/s1. The molecule has 0 spiro atoms. The molecule has 0 aromatic carbocycles. The van der Waals surface area contributed by atoms with Crippen molar-refractivity contribution in [3.63, 3.8) is 0 Å². The summed E-state index contributed by atoms with van der Waals surface area (Å²) in [5.74, 6) is 1.84. The van der Waals surface area contributed by atoms with Crippen molar-refractivity contribution in [3.05, 3.63) is 17.7 Å². The number of nitrogens with zero attached hydrogens (tertiary/aromatic N) is 2. The van der Waals surface area contributed by atoms with Crippen LogP contribution in [0.1, 0.15) is 44.8 Å². The van der Waals surface area contributed by atoms with E-state index in [4.69, 9.17) is 4.98 Å². The maximum absolute atomic E-state index is 4.73. The van der Waals surface area contributed by atoms with E-state index in [9.17, 15) is 0 Å². The molecule has 1 aromatic rings. The molecule has 1 aromatic heterocycles. The lowest BCUT2D eigenvalue weighted by molar-refractivity contribution is 0.405. The van der Waals surface area contributed by atoms with Crippen LogP contribution in [0.25, 0.3) is 0 Å². The summed E-state index contributed by atoms with van der Waals surface area (Å²) in [6, 6.07) is 0.424. The van der Waals surface area contributed by atoms with Crippen molar-refractivity contribution in [2.45, 2.75) is 46.2 Å². The van der Waals surface area contributed by atoms with E-state index < -0.39 is 0 Å². The molecule has 1 aliphatic heterocycles. The lowest BCUT2D eigenvalue weighted by Gasteiger charge is -2.19. The van der Waals surface area contributed by atoms with E-state index in [2.05, 4.69) is 36.9 Å². The zero-order chi connectivity index (χ0) is 10.8. The summed E-state index contributed by atoms with van der Waals surface area (Å²) in [7, 11) is 0.